The van der Waals surface area contributed by atoms with E-state index in [4.69, 9.17) is 28.0 Å². The van der Waals surface area contributed by atoms with Gasteiger partial charge in [0, 0.05) is 12.7 Å². The van der Waals surface area contributed by atoms with Gasteiger partial charge in [0.05, 0.1) is 22.2 Å². The molecule has 2 aromatic rings. The Morgan fingerprint density at radius 3 is 2.83 bits per heavy atom. The zero-order chi connectivity index (χ0) is 22.1. The molecule has 0 bridgehead atoms. The number of benzene rings is 1. The molecule has 3 rings (SSSR count). The average molecular weight is 437 g/mol. The van der Waals surface area contributed by atoms with Crippen LogP contribution in [0.1, 0.15) is 35.2 Å². The van der Waals surface area contributed by atoms with Gasteiger partial charge in [0.25, 0.3) is 11.9 Å². The number of nitriles is 1. The lowest BCUT2D eigenvalue weighted by molar-refractivity contribution is -0.0649. The van der Waals surface area contributed by atoms with E-state index in [0.29, 0.717) is 5.56 Å². The number of ether oxygens (including phenoxy) is 1. The fourth-order valence-electron chi connectivity index (χ4n) is 2.87. The van der Waals surface area contributed by atoms with E-state index in [1.807, 2.05) is 6.07 Å². The monoisotopic (exact) mass is 436 g/mol. The van der Waals surface area contributed by atoms with E-state index in [2.05, 4.69) is 20.0 Å². The third kappa shape index (κ3) is 4.31. The van der Waals surface area contributed by atoms with Crippen molar-refractivity contribution in [2.75, 3.05) is 6.61 Å². The minimum absolute atomic E-state index is 0.182. The van der Waals surface area contributed by atoms with Crippen molar-refractivity contribution in [3.05, 3.63) is 57.6 Å². The van der Waals surface area contributed by atoms with E-state index in [1.165, 1.54) is 18.3 Å². The molecule has 1 aromatic heterocycles. The van der Waals surface area contributed by atoms with E-state index in [1.54, 1.807) is 0 Å². The van der Waals surface area contributed by atoms with Gasteiger partial charge >= 0.3 is 0 Å². The number of hydrogen-bond donors (Lipinski definition) is 3. The molecule has 156 valence electrons. The second-order valence-electron chi connectivity index (χ2n) is 6.62. The van der Waals surface area contributed by atoms with Gasteiger partial charge in [0.1, 0.15) is 17.6 Å². The van der Waals surface area contributed by atoms with Crippen molar-refractivity contribution in [2.24, 2.45) is 10.7 Å². The highest BCUT2D eigenvalue weighted by atomic mass is 35.5. The number of rotatable bonds is 5. The zero-order valence-corrected chi connectivity index (χ0v) is 16.4. The second kappa shape index (κ2) is 8.20. The fraction of sp³-hybridized carbons (Fsp3) is 0.263. The number of fused-ring (bicyclic) bond motifs is 1. The average Bonchev–Trinajstić information content (AvgIpc) is 2.71. The maximum absolute atomic E-state index is 14.5. The van der Waals surface area contributed by atoms with Gasteiger partial charge in [-0.1, -0.05) is 18.5 Å². The van der Waals surface area contributed by atoms with Gasteiger partial charge in [-0.2, -0.15) is 5.26 Å². The van der Waals surface area contributed by atoms with Crippen LogP contribution in [-0.2, 0) is 11.3 Å². The topological polar surface area (TPSA) is 120 Å². The van der Waals surface area contributed by atoms with Crippen molar-refractivity contribution in [1.82, 2.24) is 10.3 Å². The SMILES string of the molecule is C[C@H](c1cc2c(cc1F)CNC(c1ncc(C#N)cc1Cl)=N2)C(F)(F)COC(=N)N. The van der Waals surface area contributed by atoms with Gasteiger partial charge in [-0.25, -0.2) is 18.2 Å². The number of halogens is 4. The summed E-state index contributed by atoms with van der Waals surface area (Å²) in [6, 6.07) is 4.89. The van der Waals surface area contributed by atoms with Crippen LogP contribution in [0.5, 0.6) is 0 Å². The molecule has 7 nitrogen and oxygen atoms in total. The Morgan fingerprint density at radius 2 is 2.20 bits per heavy atom. The summed E-state index contributed by atoms with van der Waals surface area (Å²) in [5, 5.41) is 19.0. The molecule has 1 aliphatic heterocycles. The lowest BCUT2D eigenvalue weighted by Gasteiger charge is -2.26. The lowest BCUT2D eigenvalue weighted by Crippen LogP contribution is -2.34. The summed E-state index contributed by atoms with van der Waals surface area (Å²) in [6.07, 6.45) is 1.33. The minimum atomic E-state index is -3.47. The highest BCUT2D eigenvalue weighted by molar-refractivity contribution is 6.34. The van der Waals surface area contributed by atoms with Crippen LogP contribution in [0.3, 0.4) is 0 Å². The molecule has 0 saturated carbocycles. The highest BCUT2D eigenvalue weighted by Gasteiger charge is 2.40. The van der Waals surface area contributed by atoms with E-state index in [9.17, 15) is 13.2 Å². The first kappa shape index (κ1) is 21.4. The van der Waals surface area contributed by atoms with Crippen molar-refractivity contribution in [1.29, 1.82) is 10.7 Å². The number of nitrogens with two attached hydrogens (primary N) is 1. The van der Waals surface area contributed by atoms with Gasteiger partial charge in [0.2, 0.25) is 0 Å². The number of pyridine rings is 1. The number of aromatic nitrogens is 1. The fourth-order valence-corrected chi connectivity index (χ4v) is 3.13. The van der Waals surface area contributed by atoms with Crippen molar-refractivity contribution >= 4 is 29.1 Å². The second-order valence-corrected chi connectivity index (χ2v) is 7.03. The van der Waals surface area contributed by atoms with Crippen LogP contribution in [-0.4, -0.2) is 29.4 Å². The predicted molar refractivity (Wildman–Crippen MR) is 105 cm³/mol. The van der Waals surface area contributed by atoms with Crippen molar-refractivity contribution in [3.8, 4) is 6.07 Å². The normalized spacial score (nSPS) is 14.1. The summed E-state index contributed by atoms with van der Waals surface area (Å²) in [4.78, 5) is 8.46. The Labute approximate surface area is 174 Å². The highest BCUT2D eigenvalue weighted by Crippen LogP contribution is 2.38. The van der Waals surface area contributed by atoms with Crippen LogP contribution in [0.15, 0.2) is 29.4 Å². The Balaban J connectivity index is 1.97. The van der Waals surface area contributed by atoms with Gasteiger partial charge in [-0.3, -0.25) is 10.4 Å². The smallest absolute Gasteiger partial charge is 0.288 e. The summed E-state index contributed by atoms with van der Waals surface area (Å²) < 4.78 is 47.7. The van der Waals surface area contributed by atoms with Crippen LogP contribution in [0.25, 0.3) is 0 Å². The molecule has 0 unspecified atom stereocenters. The van der Waals surface area contributed by atoms with Gasteiger partial charge in [-0.15, -0.1) is 0 Å². The van der Waals surface area contributed by atoms with E-state index < -0.39 is 30.3 Å². The molecular formula is C19H16ClF3N6O. The minimum Gasteiger partial charge on any atom is -0.459 e. The molecule has 4 N–H and O–H groups in total. The largest absolute Gasteiger partial charge is 0.459 e. The number of nitrogens with one attached hydrogen (secondary N) is 2. The number of alkyl halides is 2. The molecule has 1 atom stereocenters. The van der Waals surface area contributed by atoms with Crippen molar-refractivity contribution < 1.29 is 17.9 Å². The first-order chi connectivity index (χ1) is 14.1. The first-order valence-corrected chi connectivity index (χ1v) is 9.05. The Bertz CT molecular complexity index is 1080. The first-order valence-electron chi connectivity index (χ1n) is 8.68. The predicted octanol–water partition coefficient (Wildman–Crippen LogP) is 3.58. The van der Waals surface area contributed by atoms with Crippen LogP contribution in [0.4, 0.5) is 18.9 Å². The molecule has 30 heavy (non-hydrogen) atoms. The van der Waals surface area contributed by atoms with Crippen LogP contribution >= 0.6 is 11.6 Å². The summed E-state index contributed by atoms with van der Waals surface area (Å²) in [5.41, 5.74) is 6.01. The lowest BCUT2D eigenvalue weighted by atomic mass is 9.92. The van der Waals surface area contributed by atoms with Crippen molar-refractivity contribution in [2.45, 2.75) is 25.3 Å². The molecule has 1 aromatic carbocycles. The van der Waals surface area contributed by atoms with Crippen LogP contribution < -0.4 is 11.1 Å². The zero-order valence-electron chi connectivity index (χ0n) is 15.6. The molecule has 0 spiro atoms. The summed E-state index contributed by atoms with van der Waals surface area (Å²) in [5.74, 6) is -5.57. The molecular weight excluding hydrogens is 421 g/mol. The van der Waals surface area contributed by atoms with Crippen LogP contribution in [0, 0.1) is 22.6 Å². The number of amidine groups is 2. The summed E-state index contributed by atoms with van der Waals surface area (Å²) in [6.45, 7) is 0.182. The molecule has 0 aliphatic carbocycles. The summed E-state index contributed by atoms with van der Waals surface area (Å²) >= 11 is 6.16. The van der Waals surface area contributed by atoms with Crippen LogP contribution in [0.2, 0.25) is 5.02 Å². The number of nitrogens with zero attached hydrogens (tertiary/aromatic N) is 3. The molecule has 2 heterocycles. The number of hydrogen-bond acceptors (Lipinski definition) is 6. The standard InChI is InChI=1S/C19H16ClF3N6O/c1-9(19(22,23)8-30-18(25)26)12-4-15-11(3-14(12)21)7-28-17(29-15)16-13(20)2-10(5-24)6-27-16/h2-4,6,9H,7-8H2,1H3,(H3,25,26)(H,28,29)/t9-/m1/s1. The van der Waals surface area contributed by atoms with E-state index in [0.717, 1.165) is 13.0 Å². The quantitative estimate of drug-likeness (QED) is 0.488. The molecule has 0 fully saturated rings. The van der Waals surface area contributed by atoms with E-state index in [-0.39, 0.29) is 39.9 Å². The van der Waals surface area contributed by atoms with Gasteiger partial charge < -0.3 is 15.8 Å². The molecule has 11 heteroatoms. The Morgan fingerprint density at radius 1 is 1.47 bits per heavy atom. The maximum Gasteiger partial charge on any atom is 0.288 e. The molecule has 1 aliphatic rings. The summed E-state index contributed by atoms with van der Waals surface area (Å²) in [7, 11) is 0. The third-order valence-corrected chi connectivity index (χ3v) is 4.88. The maximum atomic E-state index is 14.5. The Hall–Kier alpha value is -3.32. The van der Waals surface area contributed by atoms with Crippen molar-refractivity contribution in [3.63, 3.8) is 0 Å². The molecule has 0 amide bonds. The third-order valence-electron chi connectivity index (χ3n) is 4.59. The molecule has 0 saturated heterocycles. The van der Waals surface area contributed by atoms with Gasteiger partial charge in [-0.05, 0) is 29.3 Å². The van der Waals surface area contributed by atoms with Gasteiger partial charge in [0.15, 0.2) is 12.4 Å². The number of aliphatic imine (C=N–C) groups is 1. The Kier molecular flexibility index (Phi) is 5.85. The van der Waals surface area contributed by atoms with E-state index >= 15 is 0 Å². The molecule has 0 radical (unpaired) electrons.